The van der Waals surface area contributed by atoms with Gasteiger partial charge in [0.2, 0.25) is 0 Å². The number of H-pyrrole nitrogens is 1. The molecule has 1 atom stereocenters. The highest BCUT2D eigenvalue weighted by Crippen LogP contribution is 2.44. The number of alkyl halides is 3. The zero-order chi connectivity index (χ0) is 26.8. The second-order valence-corrected chi connectivity index (χ2v) is 10.8. The number of Topliss-reactive ketones (excluding diaryl/α,β-unsaturated/α-hetero) is 1. The number of halogens is 3. The third-order valence-corrected chi connectivity index (χ3v) is 8.17. The van der Waals surface area contributed by atoms with E-state index in [1.165, 1.54) is 6.07 Å². The summed E-state index contributed by atoms with van der Waals surface area (Å²) in [5, 5.41) is 11.4. The van der Waals surface area contributed by atoms with Gasteiger partial charge in [-0.3, -0.25) is 9.89 Å². The zero-order valence-electron chi connectivity index (χ0n) is 21.1. The van der Waals surface area contributed by atoms with E-state index in [1.807, 2.05) is 42.5 Å². The number of nitrogens with zero attached hydrogens (tertiary/aromatic N) is 3. The molecule has 198 valence electrons. The molecule has 7 rings (SSSR count). The normalized spacial score (nSPS) is 19.8. The third-order valence-electron chi connectivity index (χ3n) is 8.17. The predicted molar refractivity (Wildman–Crippen MR) is 143 cm³/mol. The first kappa shape index (κ1) is 24.1. The Balaban J connectivity index is 1.36. The lowest BCUT2D eigenvalue weighted by molar-refractivity contribution is -0.136. The van der Waals surface area contributed by atoms with Crippen molar-refractivity contribution in [1.29, 1.82) is 0 Å². The predicted octanol–water partition coefficient (Wildman–Crippen LogP) is 6.22. The number of hydrogen-bond donors (Lipinski definition) is 2. The Labute approximate surface area is 222 Å². The number of hydrogen-bond acceptors (Lipinski definition) is 4. The van der Waals surface area contributed by atoms with E-state index < -0.39 is 17.2 Å². The number of imidazole rings is 1. The number of ketones is 1. The zero-order valence-corrected chi connectivity index (χ0v) is 21.1. The van der Waals surface area contributed by atoms with Crippen molar-refractivity contribution in [3.05, 3.63) is 72.4 Å². The van der Waals surface area contributed by atoms with Crippen LogP contribution < -0.4 is 5.32 Å². The third kappa shape index (κ3) is 4.12. The minimum Gasteiger partial charge on any atom is -0.322 e. The number of benzene rings is 3. The summed E-state index contributed by atoms with van der Waals surface area (Å²) in [6.07, 6.45) is -0.464. The molecule has 1 saturated carbocycles. The molecule has 2 fully saturated rings. The van der Waals surface area contributed by atoms with Crippen molar-refractivity contribution in [2.75, 3.05) is 13.1 Å². The van der Waals surface area contributed by atoms with Crippen molar-refractivity contribution >= 4 is 27.7 Å². The minimum absolute atomic E-state index is 0.0108. The first-order chi connectivity index (χ1) is 18.8. The molecule has 2 aliphatic rings. The van der Waals surface area contributed by atoms with Crippen molar-refractivity contribution in [2.24, 2.45) is 11.3 Å². The van der Waals surface area contributed by atoms with Gasteiger partial charge in [0.1, 0.15) is 11.6 Å². The Kier molecular flexibility index (Phi) is 5.42. The van der Waals surface area contributed by atoms with Gasteiger partial charge >= 0.3 is 6.18 Å². The SMILES string of the molecule is O=C(C1CC1)[C@@]1(Cn2c(-c3ccc(-c4ccc5cn[nH]c5c4)cc3)nc3cccc(C(F)(F)F)c32)CCNC1. The minimum atomic E-state index is -4.55. The molecular weight excluding hydrogens is 503 g/mol. The Hall–Kier alpha value is -3.98. The van der Waals surface area contributed by atoms with Gasteiger partial charge in [-0.2, -0.15) is 18.3 Å². The topological polar surface area (TPSA) is 75.6 Å². The summed E-state index contributed by atoms with van der Waals surface area (Å²) in [7, 11) is 0. The van der Waals surface area contributed by atoms with Crippen LogP contribution in [0.3, 0.4) is 0 Å². The second-order valence-electron chi connectivity index (χ2n) is 10.8. The summed E-state index contributed by atoms with van der Waals surface area (Å²) in [6.45, 7) is 1.29. The molecule has 9 heteroatoms. The van der Waals surface area contributed by atoms with E-state index in [2.05, 4.69) is 15.5 Å². The number of carbonyl (C=O) groups is 1. The molecule has 2 N–H and O–H groups in total. The van der Waals surface area contributed by atoms with E-state index >= 15 is 0 Å². The quantitative estimate of drug-likeness (QED) is 0.274. The standard InChI is InChI=1S/C30H26F3N5O/c31-30(32,33)23-2-1-3-24-26(23)38(17-29(12-13-34-16-29)27(39)19-6-7-19)28(36-24)20-8-4-18(5-9-20)21-10-11-22-15-35-37-25(22)14-21/h1-5,8-11,14-15,19,34H,6-7,12-13,16-17H2,(H,35,37)/t29-/m0/s1. The van der Waals surface area contributed by atoms with E-state index in [1.54, 1.807) is 16.8 Å². The molecule has 1 aliphatic carbocycles. The van der Waals surface area contributed by atoms with Crippen molar-refractivity contribution in [3.63, 3.8) is 0 Å². The van der Waals surface area contributed by atoms with Crippen LogP contribution in [0, 0.1) is 11.3 Å². The monoisotopic (exact) mass is 529 g/mol. The number of para-hydroxylation sites is 1. The molecule has 1 aliphatic heterocycles. The van der Waals surface area contributed by atoms with Crippen LogP contribution in [0.1, 0.15) is 24.8 Å². The molecule has 1 saturated heterocycles. The Morgan fingerprint density at radius 1 is 1.03 bits per heavy atom. The van der Waals surface area contributed by atoms with E-state index in [-0.39, 0.29) is 29.3 Å². The van der Waals surface area contributed by atoms with Crippen LogP contribution in [-0.2, 0) is 17.5 Å². The molecule has 0 unspecified atom stereocenters. The summed E-state index contributed by atoms with van der Waals surface area (Å²) in [5.41, 5.74) is 2.41. The summed E-state index contributed by atoms with van der Waals surface area (Å²) >= 11 is 0. The smallest absolute Gasteiger partial charge is 0.322 e. The van der Waals surface area contributed by atoms with Gasteiger partial charge in [-0.1, -0.05) is 42.5 Å². The number of aromatic nitrogens is 4. The first-order valence-corrected chi connectivity index (χ1v) is 13.2. The van der Waals surface area contributed by atoms with Gasteiger partial charge in [0.25, 0.3) is 0 Å². The molecule has 0 amide bonds. The first-order valence-electron chi connectivity index (χ1n) is 13.2. The lowest BCUT2D eigenvalue weighted by Gasteiger charge is -2.29. The van der Waals surface area contributed by atoms with Crippen molar-refractivity contribution in [3.8, 4) is 22.5 Å². The van der Waals surface area contributed by atoms with E-state index in [4.69, 9.17) is 4.98 Å². The number of carbonyl (C=O) groups excluding carboxylic acids is 1. The lowest BCUT2D eigenvalue weighted by atomic mass is 9.80. The van der Waals surface area contributed by atoms with Crippen LogP contribution in [-0.4, -0.2) is 38.6 Å². The number of rotatable bonds is 6. The van der Waals surface area contributed by atoms with Crippen LogP contribution in [0.25, 0.3) is 44.5 Å². The van der Waals surface area contributed by atoms with Crippen LogP contribution in [0.5, 0.6) is 0 Å². The van der Waals surface area contributed by atoms with E-state index in [9.17, 15) is 18.0 Å². The molecular formula is C30H26F3N5O. The summed E-state index contributed by atoms with van der Waals surface area (Å²) in [5.74, 6) is 0.609. The molecule has 0 spiro atoms. The number of aromatic amines is 1. The number of nitrogens with one attached hydrogen (secondary N) is 2. The summed E-state index contributed by atoms with van der Waals surface area (Å²) < 4.78 is 44.3. The van der Waals surface area contributed by atoms with Crippen LogP contribution in [0.4, 0.5) is 13.2 Å². The maximum Gasteiger partial charge on any atom is 0.418 e. The summed E-state index contributed by atoms with van der Waals surface area (Å²) in [4.78, 5) is 18.2. The molecule has 3 aromatic carbocycles. The van der Waals surface area contributed by atoms with E-state index in [0.717, 1.165) is 40.9 Å². The average Bonchev–Trinajstić information content (AvgIpc) is 3.31. The van der Waals surface area contributed by atoms with Gasteiger partial charge in [0, 0.05) is 30.0 Å². The lowest BCUT2D eigenvalue weighted by Crippen LogP contribution is -2.39. The molecule has 0 radical (unpaired) electrons. The molecule has 2 aromatic heterocycles. The van der Waals surface area contributed by atoms with Gasteiger partial charge in [-0.15, -0.1) is 0 Å². The van der Waals surface area contributed by atoms with Crippen molar-refractivity contribution in [1.82, 2.24) is 25.1 Å². The molecule has 5 aromatic rings. The van der Waals surface area contributed by atoms with Crippen LogP contribution >= 0.6 is 0 Å². The fraction of sp³-hybridized carbons (Fsp3) is 0.300. The van der Waals surface area contributed by atoms with Gasteiger partial charge in [-0.05, 0) is 55.1 Å². The maximum absolute atomic E-state index is 14.2. The number of fused-ring (bicyclic) bond motifs is 2. The molecule has 6 nitrogen and oxygen atoms in total. The maximum atomic E-state index is 14.2. The van der Waals surface area contributed by atoms with Crippen LogP contribution in [0.15, 0.2) is 66.9 Å². The van der Waals surface area contributed by atoms with Crippen LogP contribution in [0.2, 0.25) is 0 Å². The van der Waals surface area contributed by atoms with Gasteiger partial charge in [-0.25, -0.2) is 4.98 Å². The average molecular weight is 530 g/mol. The van der Waals surface area contributed by atoms with E-state index in [0.29, 0.717) is 30.9 Å². The second kappa shape index (κ2) is 8.77. The Bertz CT molecular complexity index is 1710. The fourth-order valence-electron chi connectivity index (χ4n) is 5.97. The molecule has 0 bridgehead atoms. The van der Waals surface area contributed by atoms with Crippen molar-refractivity contribution < 1.29 is 18.0 Å². The molecule has 39 heavy (non-hydrogen) atoms. The Morgan fingerprint density at radius 3 is 2.51 bits per heavy atom. The highest BCUT2D eigenvalue weighted by atomic mass is 19.4. The fourth-order valence-corrected chi connectivity index (χ4v) is 5.97. The summed E-state index contributed by atoms with van der Waals surface area (Å²) in [6, 6.07) is 17.8. The largest absolute Gasteiger partial charge is 0.418 e. The van der Waals surface area contributed by atoms with Gasteiger partial charge in [0.05, 0.1) is 33.7 Å². The van der Waals surface area contributed by atoms with Crippen molar-refractivity contribution in [2.45, 2.75) is 32.0 Å². The Morgan fingerprint density at radius 2 is 1.79 bits per heavy atom. The highest BCUT2D eigenvalue weighted by molar-refractivity contribution is 5.90. The highest BCUT2D eigenvalue weighted by Gasteiger charge is 2.48. The van der Waals surface area contributed by atoms with Gasteiger partial charge < -0.3 is 9.88 Å². The van der Waals surface area contributed by atoms with Gasteiger partial charge in [0.15, 0.2) is 0 Å². The molecule has 3 heterocycles.